The molecule has 0 bridgehead atoms. The van der Waals surface area contributed by atoms with Gasteiger partial charge in [-0.3, -0.25) is 4.99 Å². The fourth-order valence-corrected chi connectivity index (χ4v) is 4.62. The average Bonchev–Trinajstić information content (AvgIpc) is 3.35. The van der Waals surface area contributed by atoms with E-state index < -0.39 is 5.97 Å². The molecule has 1 atom stereocenters. The summed E-state index contributed by atoms with van der Waals surface area (Å²) in [6.07, 6.45) is 5.10. The Bertz CT molecular complexity index is 827. The fourth-order valence-electron chi connectivity index (χ4n) is 3.61. The van der Waals surface area contributed by atoms with Crippen LogP contribution in [0.4, 0.5) is 5.69 Å². The first-order valence-electron chi connectivity index (χ1n) is 9.08. The number of aliphatic carboxylic acids is 1. The zero-order valence-electron chi connectivity index (χ0n) is 14.5. The van der Waals surface area contributed by atoms with E-state index in [1.807, 2.05) is 0 Å². The third-order valence-corrected chi connectivity index (χ3v) is 6.00. The van der Waals surface area contributed by atoms with Crippen LogP contribution in [-0.4, -0.2) is 52.2 Å². The van der Waals surface area contributed by atoms with Gasteiger partial charge in [-0.05, 0) is 25.0 Å². The van der Waals surface area contributed by atoms with E-state index in [9.17, 15) is 4.79 Å². The third-order valence-electron chi connectivity index (χ3n) is 4.85. The van der Waals surface area contributed by atoms with Crippen molar-refractivity contribution in [2.75, 3.05) is 24.3 Å². The van der Waals surface area contributed by atoms with Gasteiger partial charge in [-0.15, -0.1) is 11.8 Å². The zero-order chi connectivity index (χ0) is 17.9. The Kier molecular flexibility index (Phi) is 5.17. The highest BCUT2D eigenvalue weighted by molar-refractivity contribution is 8.14. The smallest absolute Gasteiger partial charge is 0.329 e. The van der Waals surface area contributed by atoms with Gasteiger partial charge in [0.25, 0.3) is 0 Å². The molecule has 1 fully saturated rings. The molecule has 2 aromatic rings. The molecule has 0 amide bonds. The maximum Gasteiger partial charge on any atom is 0.329 e. The molecule has 0 radical (unpaired) electrons. The highest BCUT2D eigenvalue weighted by atomic mass is 32.2. The number of aliphatic imine (C=N–C) groups is 1. The lowest BCUT2D eigenvalue weighted by Gasteiger charge is -2.14. The average molecular weight is 373 g/mol. The van der Waals surface area contributed by atoms with Gasteiger partial charge in [0.2, 0.25) is 0 Å². The van der Waals surface area contributed by atoms with Crippen molar-refractivity contribution in [3.8, 4) is 0 Å². The van der Waals surface area contributed by atoms with Crippen LogP contribution in [0.25, 0.3) is 10.9 Å². The molecule has 138 valence electrons. The molecular formula is C19H23N3O3S. The fraction of sp³-hybridized carbons (Fsp3) is 0.474. The quantitative estimate of drug-likeness (QED) is 0.692. The van der Waals surface area contributed by atoms with Crippen LogP contribution < -0.4 is 5.32 Å². The Morgan fingerprint density at radius 3 is 3.04 bits per heavy atom. The summed E-state index contributed by atoms with van der Waals surface area (Å²) >= 11 is 1.69. The molecule has 1 aromatic carbocycles. The molecule has 2 heterocycles. The van der Waals surface area contributed by atoms with Crippen molar-refractivity contribution in [2.24, 2.45) is 4.99 Å². The highest BCUT2D eigenvalue weighted by Crippen LogP contribution is 2.31. The number of thioether (sulfide) groups is 1. The summed E-state index contributed by atoms with van der Waals surface area (Å²) in [4.78, 5) is 18.8. The number of fused-ring (bicyclic) bond motifs is 1. The van der Waals surface area contributed by atoms with E-state index >= 15 is 0 Å². The van der Waals surface area contributed by atoms with E-state index in [0.29, 0.717) is 12.6 Å². The van der Waals surface area contributed by atoms with Gasteiger partial charge in [-0.1, -0.05) is 25.0 Å². The Balaban J connectivity index is 1.49. The summed E-state index contributed by atoms with van der Waals surface area (Å²) in [5, 5.41) is 14.5. The summed E-state index contributed by atoms with van der Waals surface area (Å²) in [6.45, 7) is 0.0755. The topological polar surface area (TPSA) is 86.7 Å². The minimum atomic E-state index is -0.947. The first-order chi connectivity index (χ1) is 12.7. The molecule has 1 aliphatic carbocycles. The van der Waals surface area contributed by atoms with Crippen molar-refractivity contribution >= 4 is 39.4 Å². The minimum Gasteiger partial charge on any atom is -0.480 e. The third kappa shape index (κ3) is 3.88. The summed E-state index contributed by atoms with van der Waals surface area (Å²) in [6, 6.07) is 9.05. The number of anilines is 1. The van der Waals surface area contributed by atoms with Gasteiger partial charge in [0.05, 0.1) is 29.5 Å². The van der Waals surface area contributed by atoms with Crippen LogP contribution in [-0.2, 0) is 9.53 Å². The molecule has 0 saturated heterocycles. The molecule has 1 aliphatic heterocycles. The Hall–Kier alpha value is -1.99. The largest absolute Gasteiger partial charge is 0.480 e. The molecule has 6 nitrogen and oxygen atoms in total. The normalized spacial score (nSPS) is 20.6. The number of ether oxygens (including phenoxy) is 1. The lowest BCUT2D eigenvalue weighted by atomic mass is 10.2. The monoisotopic (exact) mass is 373 g/mol. The van der Waals surface area contributed by atoms with Crippen molar-refractivity contribution in [3.63, 3.8) is 0 Å². The van der Waals surface area contributed by atoms with Crippen LogP contribution in [0.5, 0.6) is 0 Å². The van der Waals surface area contributed by atoms with Crippen molar-refractivity contribution in [2.45, 2.75) is 37.8 Å². The number of hydrogen-bond acceptors (Lipinski definition) is 5. The molecule has 26 heavy (non-hydrogen) atoms. The maximum absolute atomic E-state index is 10.5. The number of carboxylic acids is 1. The van der Waals surface area contributed by atoms with Crippen molar-refractivity contribution in [1.82, 2.24) is 4.98 Å². The molecule has 3 N–H and O–H groups in total. The minimum absolute atomic E-state index is 0.0110. The van der Waals surface area contributed by atoms with Crippen LogP contribution in [0.1, 0.15) is 31.4 Å². The van der Waals surface area contributed by atoms with Gasteiger partial charge in [0, 0.05) is 17.2 Å². The van der Waals surface area contributed by atoms with Crippen LogP contribution in [0.2, 0.25) is 0 Å². The van der Waals surface area contributed by atoms with Gasteiger partial charge in [-0.25, -0.2) is 4.79 Å². The van der Waals surface area contributed by atoms with E-state index in [1.54, 1.807) is 11.8 Å². The number of hydrogen-bond donors (Lipinski definition) is 3. The van der Waals surface area contributed by atoms with Gasteiger partial charge in [0.1, 0.15) is 11.7 Å². The van der Waals surface area contributed by atoms with Crippen LogP contribution >= 0.6 is 11.8 Å². The number of para-hydroxylation sites is 1. The number of benzene rings is 1. The number of rotatable bonds is 7. The molecule has 0 spiro atoms. The molecule has 1 saturated carbocycles. The van der Waals surface area contributed by atoms with E-state index in [0.717, 1.165) is 27.7 Å². The SMILES string of the molecule is O=C(O)COCC1CSC(c2cc3cccc(NC4CCCC4)c3[nH]2)=N1. The standard InChI is InChI=1S/C19H23N3O3S/c23-17(24)10-25-9-14-11-26-19(21-14)16-8-12-4-3-7-15(18(12)22-16)20-13-5-1-2-6-13/h3-4,7-8,13-14,20,22H,1-2,5-6,9-11H2,(H,23,24). The first-order valence-corrected chi connectivity index (χ1v) is 10.1. The van der Waals surface area contributed by atoms with Crippen LogP contribution in [0.15, 0.2) is 29.3 Å². The van der Waals surface area contributed by atoms with Gasteiger partial charge in [0.15, 0.2) is 0 Å². The second kappa shape index (κ2) is 7.72. The number of aromatic nitrogens is 1. The second-order valence-corrected chi connectivity index (χ2v) is 7.90. The van der Waals surface area contributed by atoms with E-state index in [-0.39, 0.29) is 12.6 Å². The highest BCUT2D eigenvalue weighted by Gasteiger charge is 2.22. The summed E-state index contributed by atoms with van der Waals surface area (Å²) in [5.74, 6) is -0.130. The number of carboxylic acid groups (broad SMARTS) is 1. The predicted molar refractivity (Wildman–Crippen MR) is 105 cm³/mol. The van der Waals surface area contributed by atoms with E-state index in [2.05, 4.69) is 34.6 Å². The lowest BCUT2D eigenvalue weighted by Crippen LogP contribution is -2.17. The number of carbonyl (C=O) groups is 1. The summed E-state index contributed by atoms with van der Waals surface area (Å²) in [7, 11) is 0. The van der Waals surface area contributed by atoms with Crippen molar-refractivity contribution < 1.29 is 14.6 Å². The van der Waals surface area contributed by atoms with Crippen LogP contribution in [0, 0.1) is 0 Å². The molecule has 7 heteroatoms. The number of H-pyrrole nitrogens is 1. The Labute approximate surface area is 156 Å². The lowest BCUT2D eigenvalue weighted by molar-refractivity contribution is -0.142. The summed E-state index contributed by atoms with van der Waals surface area (Å²) < 4.78 is 5.18. The predicted octanol–water partition coefficient (Wildman–Crippen LogP) is 3.49. The zero-order valence-corrected chi connectivity index (χ0v) is 15.3. The molecule has 1 unspecified atom stereocenters. The van der Waals surface area contributed by atoms with Crippen molar-refractivity contribution in [1.29, 1.82) is 0 Å². The molecular weight excluding hydrogens is 350 g/mol. The Morgan fingerprint density at radius 2 is 2.23 bits per heavy atom. The maximum atomic E-state index is 10.5. The van der Waals surface area contributed by atoms with Crippen molar-refractivity contribution in [3.05, 3.63) is 30.0 Å². The molecule has 4 rings (SSSR count). The van der Waals surface area contributed by atoms with Gasteiger partial charge >= 0.3 is 5.97 Å². The van der Waals surface area contributed by atoms with E-state index in [1.165, 1.54) is 31.1 Å². The van der Waals surface area contributed by atoms with E-state index in [4.69, 9.17) is 14.8 Å². The summed E-state index contributed by atoms with van der Waals surface area (Å²) in [5.41, 5.74) is 3.31. The molecule has 1 aromatic heterocycles. The Morgan fingerprint density at radius 1 is 1.38 bits per heavy atom. The second-order valence-electron chi connectivity index (χ2n) is 6.89. The first kappa shape index (κ1) is 17.4. The van der Waals surface area contributed by atoms with Gasteiger partial charge in [-0.2, -0.15) is 0 Å². The number of nitrogens with zero attached hydrogens (tertiary/aromatic N) is 1. The molecule has 2 aliphatic rings. The van der Waals surface area contributed by atoms with Crippen LogP contribution in [0.3, 0.4) is 0 Å². The number of nitrogens with one attached hydrogen (secondary N) is 2. The number of aromatic amines is 1. The van der Waals surface area contributed by atoms with Gasteiger partial charge < -0.3 is 20.1 Å².